The average molecular weight is 672 g/mol. The Morgan fingerprint density at radius 1 is 1.04 bits per heavy atom. The Hall–Kier alpha value is -3.74. The van der Waals surface area contributed by atoms with Crippen molar-refractivity contribution in [3.05, 3.63) is 70.4 Å². The number of aliphatic hydroxyl groups excluding tert-OH is 1. The second-order valence-corrected chi connectivity index (χ2v) is 15.1. The maximum atomic E-state index is 14.0. The minimum atomic E-state index is -4.25. The summed E-state index contributed by atoms with van der Waals surface area (Å²) in [5.41, 5.74) is 2.55. The molecule has 1 aliphatic heterocycles. The molecule has 0 aliphatic carbocycles. The summed E-state index contributed by atoms with van der Waals surface area (Å²) in [5, 5.41) is 10.9. The zero-order chi connectivity index (χ0) is 34.0. The van der Waals surface area contributed by atoms with Crippen molar-refractivity contribution in [1.29, 1.82) is 0 Å². The zero-order valence-electron chi connectivity index (χ0n) is 27.2. The average Bonchev–Trinajstić information content (AvgIpc) is 3.09. The van der Waals surface area contributed by atoms with Gasteiger partial charge < -0.3 is 19.6 Å². The number of aromatic nitrogens is 2. The van der Waals surface area contributed by atoms with E-state index >= 15 is 0 Å². The van der Waals surface area contributed by atoms with Crippen LogP contribution in [0.1, 0.15) is 62.5 Å². The van der Waals surface area contributed by atoms with E-state index in [1.54, 1.807) is 26.8 Å². The molecule has 2 amide bonds. The molecule has 0 saturated carbocycles. The molecule has 11 nitrogen and oxygen atoms in total. The van der Waals surface area contributed by atoms with E-state index in [4.69, 9.17) is 16.3 Å². The molecule has 248 valence electrons. The highest BCUT2D eigenvalue weighted by molar-refractivity contribution is 7.92. The van der Waals surface area contributed by atoms with Gasteiger partial charge in [0, 0.05) is 30.3 Å². The number of aliphatic hydroxyl groups is 1. The minimum Gasteiger partial charge on any atom is -0.444 e. The highest BCUT2D eigenvalue weighted by Gasteiger charge is 2.36. The standard InChI is InChI=1S/C33H42ClN5O6S/c1-20(2)14-24-17-38(32(42)45-33(5,6)7)18-25(40)19-39(24)30(41)23-12-9-13-26(15-23)46(43,44)37-31-35-27(16-28(34)36-31)29-21(3)10-8-11-22(29)4/h8-13,15-16,20,24-25,40H,14,17-19H2,1-7H3,(H,35,36,37)/t24-,25-/m0/s1. The number of carbonyl (C=O) groups excluding carboxylic acids is 2. The van der Waals surface area contributed by atoms with Gasteiger partial charge in [0.25, 0.3) is 15.9 Å². The van der Waals surface area contributed by atoms with Crippen LogP contribution in [0, 0.1) is 19.8 Å². The maximum Gasteiger partial charge on any atom is 0.410 e. The van der Waals surface area contributed by atoms with Crippen molar-refractivity contribution < 1.29 is 27.9 Å². The van der Waals surface area contributed by atoms with Crippen molar-refractivity contribution in [2.75, 3.05) is 24.4 Å². The van der Waals surface area contributed by atoms with Crippen molar-refractivity contribution >= 4 is 39.6 Å². The molecule has 2 N–H and O–H groups in total. The number of halogens is 1. The van der Waals surface area contributed by atoms with Gasteiger partial charge >= 0.3 is 6.09 Å². The molecule has 2 heterocycles. The van der Waals surface area contributed by atoms with E-state index < -0.39 is 39.8 Å². The van der Waals surface area contributed by atoms with E-state index in [2.05, 4.69) is 14.7 Å². The molecule has 0 unspecified atom stereocenters. The predicted octanol–water partition coefficient (Wildman–Crippen LogP) is 5.68. The van der Waals surface area contributed by atoms with Gasteiger partial charge in [-0.25, -0.2) is 27.9 Å². The molecule has 1 aromatic heterocycles. The van der Waals surface area contributed by atoms with Crippen LogP contribution < -0.4 is 4.72 Å². The number of hydrogen-bond acceptors (Lipinski definition) is 8. The molecule has 1 fully saturated rings. The minimum absolute atomic E-state index is 0.00468. The number of amides is 2. The summed E-state index contributed by atoms with van der Waals surface area (Å²) >= 11 is 6.28. The predicted molar refractivity (Wildman–Crippen MR) is 177 cm³/mol. The van der Waals surface area contributed by atoms with Crippen LogP contribution in [-0.2, 0) is 14.8 Å². The quantitative estimate of drug-likeness (QED) is 0.306. The fourth-order valence-electron chi connectivity index (χ4n) is 5.54. The Morgan fingerprint density at radius 2 is 1.70 bits per heavy atom. The summed E-state index contributed by atoms with van der Waals surface area (Å²) in [6.07, 6.45) is -1.06. The van der Waals surface area contributed by atoms with E-state index in [0.717, 1.165) is 16.7 Å². The summed E-state index contributed by atoms with van der Waals surface area (Å²) in [7, 11) is -4.25. The molecule has 0 spiro atoms. The molecule has 2 atom stereocenters. The smallest absolute Gasteiger partial charge is 0.410 e. The lowest BCUT2D eigenvalue weighted by molar-refractivity contribution is 0.0171. The van der Waals surface area contributed by atoms with Crippen LogP contribution in [0.5, 0.6) is 0 Å². The molecule has 3 aromatic rings. The molecule has 4 rings (SSSR count). The number of carbonyl (C=O) groups is 2. The van der Waals surface area contributed by atoms with Crippen molar-refractivity contribution in [1.82, 2.24) is 19.8 Å². The van der Waals surface area contributed by atoms with Crippen LogP contribution in [0.25, 0.3) is 11.3 Å². The van der Waals surface area contributed by atoms with E-state index in [1.165, 1.54) is 34.1 Å². The van der Waals surface area contributed by atoms with Gasteiger partial charge in [0.2, 0.25) is 5.95 Å². The van der Waals surface area contributed by atoms with Gasteiger partial charge in [-0.2, -0.15) is 0 Å². The zero-order valence-corrected chi connectivity index (χ0v) is 28.8. The topological polar surface area (TPSA) is 142 Å². The van der Waals surface area contributed by atoms with E-state index in [9.17, 15) is 23.1 Å². The highest BCUT2D eigenvalue weighted by Crippen LogP contribution is 2.29. The summed E-state index contributed by atoms with van der Waals surface area (Å²) in [6.45, 7) is 13.3. The van der Waals surface area contributed by atoms with Gasteiger partial charge in [-0.1, -0.05) is 49.7 Å². The molecular formula is C33H42ClN5O6S. The third kappa shape index (κ3) is 8.74. The van der Waals surface area contributed by atoms with Crippen LogP contribution in [0.15, 0.2) is 53.4 Å². The summed E-state index contributed by atoms with van der Waals surface area (Å²) in [6, 6.07) is 12.5. The number of rotatable bonds is 7. The third-order valence-corrected chi connectivity index (χ3v) is 8.94. The van der Waals surface area contributed by atoms with Gasteiger partial charge in [0.15, 0.2) is 0 Å². The first-order chi connectivity index (χ1) is 21.4. The number of aryl methyl sites for hydroxylation is 2. The molecule has 0 radical (unpaired) electrons. The SMILES string of the molecule is Cc1cccc(C)c1-c1cc(Cl)nc(NS(=O)(=O)c2cccc(C(=O)N3C[C@@H](O)CN(C(=O)OC(C)(C)C)C[C@@H]3CC(C)C)c2)n1. The van der Waals surface area contributed by atoms with Crippen molar-refractivity contribution in [2.24, 2.45) is 5.92 Å². The second-order valence-electron chi connectivity index (χ2n) is 13.1. The molecule has 13 heteroatoms. The lowest BCUT2D eigenvalue weighted by atomic mass is 10.00. The van der Waals surface area contributed by atoms with Crippen LogP contribution >= 0.6 is 11.6 Å². The molecule has 0 bridgehead atoms. The fourth-order valence-corrected chi connectivity index (χ4v) is 6.71. The summed E-state index contributed by atoms with van der Waals surface area (Å²) < 4.78 is 35.0. The summed E-state index contributed by atoms with van der Waals surface area (Å²) in [5.74, 6) is -0.515. The lowest BCUT2D eigenvalue weighted by Crippen LogP contribution is -2.47. The first kappa shape index (κ1) is 35.1. The highest BCUT2D eigenvalue weighted by atomic mass is 35.5. The van der Waals surface area contributed by atoms with Crippen LogP contribution in [-0.4, -0.2) is 82.7 Å². The van der Waals surface area contributed by atoms with Gasteiger partial charge in [-0.05, 0) is 76.3 Å². The largest absolute Gasteiger partial charge is 0.444 e. The van der Waals surface area contributed by atoms with E-state index in [1.807, 2.05) is 45.9 Å². The first-order valence-electron chi connectivity index (χ1n) is 15.1. The number of anilines is 1. The molecule has 2 aromatic carbocycles. The number of nitrogens with one attached hydrogen (secondary N) is 1. The van der Waals surface area contributed by atoms with Crippen LogP contribution in [0.4, 0.5) is 10.7 Å². The van der Waals surface area contributed by atoms with Gasteiger partial charge in [-0.3, -0.25) is 4.79 Å². The van der Waals surface area contributed by atoms with E-state index in [0.29, 0.717) is 12.1 Å². The number of benzene rings is 2. The number of sulfonamides is 1. The maximum absolute atomic E-state index is 14.0. The Bertz CT molecular complexity index is 1690. The lowest BCUT2D eigenvalue weighted by Gasteiger charge is -2.33. The molecular weight excluding hydrogens is 630 g/mol. The number of ether oxygens (including phenoxy) is 1. The number of hydrogen-bond donors (Lipinski definition) is 2. The molecule has 1 saturated heterocycles. The first-order valence-corrected chi connectivity index (χ1v) is 17.0. The Morgan fingerprint density at radius 3 is 2.33 bits per heavy atom. The van der Waals surface area contributed by atoms with Gasteiger partial charge in [0.1, 0.15) is 10.8 Å². The van der Waals surface area contributed by atoms with Crippen LogP contribution in [0.3, 0.4) is 0 Å². The number of β-amino-alcohol motifs (C(OH)–C–C–N with tert-alkyl or cyclic N) is 1. The molecule has 1 aliphatic rings. The van der Waals surface area contributed by atoms with Crippen molar-refractivity contribution in [2.45, 2.75) is 77.5 Å². The van der Waals surface area contributed by atoms with Crippen LogP contribution in [0.2, 0.25) is 5.15 Å². The molecule has 46 heavy (non-hydrogen) atoms. The van der Waals surface area contributed by atoms with Gasteiger partial charge in [-0.15, -0.1) is 0 Å². The van der Waals surface area contributed by atoms with Gasteiger partial charge in [0.05, 0.1) is 29.3 Å². The number of nitrogens with zero attached hydrogens (tertiary/aromatic N) is 4. The summed E-state index contributed by atoms with van der Waals surface area (Å²) in [4.78, 5) is 38.2. The normalized spacial score (nSPS) is 17.5. The monoisotopic (exact) mass is 671 g/mol. The Balaban J connectivity index is 1.62. The Kier molecular flexibility index (Phi) is 10.6. The Labute approximate surface area is 276 Å². The third-order valence-electron chi connectivity index (χ3n) is 7.42. The van der Waals surface area contributed by atoms with Crippen molar-refractivity contribution in [3.8, 4) is 11.3 Å². The van der Waals surface area contributed by atoms with E-state index in [-0.39, 0.29) is 47.1 Å². The second kappa shape index (κ2) is 13.9. The van der Waals surface area contributed by atoms with Crippen molar-refractivity contribution in [3.63, 3.8) is 0 Å². The fraction of sp³-hybridized carbons (Fsp3) is 0.455.